The molecule has 0 spiro atoms. The summed E-state index contributed by atoms with van der Waals surface area (Å²) in [7, 11) is 0. The lowest BCUT2D eigenvalue weighted by molar-refractivity contribution is 0.0697. The molecule has 0 atom stereocenters. The predicted octanol–water partition coefficient (Wildman–Crippen LogP) is 3.38. The van der Waals surface area contributed by atoms with Gasteiger partial charge < -0.3 is 5.11 Å². The summed E-state index contributed by atoms with van der Waals surface area (Å²) >= 11 is 1.65. The highest BCUT2D eigenvalue weighted by atomic mass is 32.1. The molecule has 0 bridgehead atoms. The SMILES string of the molecule is CCc1nc(-c2ccc(C(=O)O)cc2)sc1C. The second-order valence-electron chi connectivity index (χ2n) is 3.76. The molecule has 0 aliphatic carbocycles. The van der Waals surface area contributed by atoms with Crippen LogP contribution in [0.15, 0.2) is 24.3 Å². The highest BCUT2D eigenvalue weighted by molar-refractivity contribution is 7.15. The number of aryl methyl sites for hydroxylation is 2. The molecule has 88 valence electrons. The molecule has 1 heterocycles. The van der Waals surface area contributed by atoms with Crippen molar-refractivity contribution in [2.24, 2.45) is 0 Å². The van der Waals surface area contributed by atoms with Crippen LogP contribution in [0.4, 0.5) is 0 Å². The Hall–Kier alpha value is -1.68. The Morgan fingerprint density at radius 2 is 2.00 bits per heavy atom. The lowest BCUT2D eigenvalue weighted by Crippen LogP contribution is -1.94. The zero-order chi connectivity index (χ0) is 12.4. The Morgan fingerprint density at radius 3 is 2.47 bits per heavy atom. The van der Waals surface area contributed by atoms with Crippen LogP contribution in [0.2, 0.25) is 0 Å². The maximum absolute atomic E-state index is 10.7. The molecule has 1 aromatic carbocycles. The third-order valence-corrected chi connectivity index (χ3v) is 3.67. The van der Waals surface area contributed by atoms with Crippen LogP contribution in [-0.4, -0.2) is 16.1 Å². The van der Waals surface area contributed by atoms with Crippen LogP contribution in [0.25, 0.3) is 10.6 Å². The summed E-state index contributed by atoms with van der Waals surface area (Å²) in [5, 5.41) is 9.77. The number of aromatic nitrogens is 1. The van der Waals surface area contributed by atoms with Crippen molar-refractivity contribution in [3.63, 3.8) is 0 Å². The van der Waals surface area contributed by atoms with Gasteiger partial charge in [-0.2, -0.15) is 0 Å². The second kappa shape index (κ2) is 4.67. The first kappa shape index (κ1) is 11.8. The summed E-state index contributed by atoms with van der Waals surface area (Å²) < 4.78 is 0. The van der Waals surface area contributed by atoms with E-state index in [2.05, 4.69) is 18.8 Å². The lowest BCUT2D eigenvalue weighted by atomic mass is 10.1. The van der Waals surface area contributed by atoms with Crippen molar-refractivity contribution in [1.29, 1.82) is 0 Å². The smallest absolute Gasteiger partial charge is 0.335 e. The van der Waals surface area contributed by atoms with Gasteiger partial charge in [-0.3, -0.25) is 0 Å². The van der Waals surface area contributed by atoms with Crippen molar-refractivity contribution in [2.75, 3.05) is 0 Å². The number of hydrogen-bond acceptors (Lipinski definition) is 3. The van der Waals surface area contributed by atoms with Crippen LogP contribution in [0.1, 0.15) is 27.9 Å². The third kappa shape index (κ3) is 2.36. The first-order chi connectivity index (χ1) is 8.11. The molecule has 0 fully saturated rings. The van der Waals surface area contributed by atoms with Crippen molar-refractivity contribution in [3.8, 4) is 10.6 Å². The molecule has 1 aromatic heterocycles. The minimum Gasteiger partial charge on any atom is -0.478 e. The van der Waals surface area contributed by atoms with E-state index in [1.807, 2.05) is 0 Å². The number of nitrogens with zero attached hydrogens (tertiary/aromatic N) is 1. The quantitative estimate of drug-likeness (QED) is 0.904. The minimum atomic E-state index is -0.902. The molecule has 0 unspecified atom stereocenters. The number of rotatable bonds is 3. The lowest BCUT2D eigenvalue weighted by Gasteiger charge is -1.97. The van der Waals surface area contributed by atoms with E-state index in [1.54, 1.807) is 35.6 Å². The molecule has 4 heteroatoms. The van der Waals surface area contributed by atoms with Gasteiger partial charge in [-0.1, -0.05) is 19.1 Å². The number of carboxylic acids is 1. The number of carboxylic acid groups (broad SMARTS) is 1. The van der Waals surface area contributed by atoms with E-state index in [-0.39, 0.29) is 0 Å². The monoisotopic (exact) mass is 247 g/mol. The van der Waals surface area contributed by atoms with Crippen LogP contribution < -0.4 is 0 Å². The van der Waals surface area contributed by atoms with Crippen LogP contribution >= 0.6 is 11.3 Å². The second-order valence-corrected chi connectivity index (χ2v) is 4.96. The van der Waals surface area contributed by atoms with Gasteiger partial charge in [-0.05, 0) is 25.5 Å². The minimum absolute atomic E-state index is 0.303. The number of benzene rings is 1. The predicted molar refractivity (Wildman–Crippen MR) is 68.6 cm³/mol. The first-order valence-corrected chi connectivity index (χ1v) is 6.23. The summed E-state index contributed by atoms with van der Waals surface area (Å²) in [5.41, 5.74) is 2.40. The van der Waals surface area contributed by atoms with Crippen LogP contribution in [0.3, 0.4) is 0 Å². The van der Waals surface area contributed by atoms with Crippen LogP contribution in [0, 0.1) is 6.92 Å². The molecular formula is C13H13NO2S. The Labute approximate surface area is 104 Å². The standard InChI is InChI=1S/C13H13NO2S/c1-3-11-8(2)17-12(14-11)9-4-6-10(7-5-9)13(15)16/h4-7H,3H2,1-2H3,(H,15,16). The van der Waals surface area contributed by atoms with E-state index in [9.17, 15) is 4.79 Å². The third-order valence-electron chi connectivity index (χ3n) is 2.61. The van der Waals surface area contributed by atoms with Gasteiger partial charge in [0.2, 0.25) is 0 Å². The average Bonchev–Trinajstić information content (AvgIpc) is 2.70. The summed E-state index contributed by atoms with van der Waals surface area (Å²) in [6.45, 7) is 4.14. The van der Waals surface area contributed by atoms with Crippen molar-refractivity contribution >= 4 is 17.3 Å². The topological polar surface area (TPSA) is 50.2 Å². The van der Waals surface area contributed by atoms with E-state index in [0.717, 1.165) is 22.7 Å². The van der Waals surface area contributed by atoms with Gasteiger partial charge in [0, 0.05) is 10.4 Å². The molecular weight excluding hydrogens is 234 g/mol. The van der Waals surface area contributed by atoms with Crippen molar-refractivity contribution in [3.05, 3.63) is 40.4 Å². The van der Waals surface area contributed by atoms with Gasteiger partial charge >= 0.3 is 5.97 Å². The molecule has 2 rings (SSSR count). The highest BCUT2D eigenvalue weighted by Crippen LogP contribution is 2.27. The fourth-order valence-electron chi connectivity index (χ4n) is 1.63. The summed E-state index contributed by atoms with van der Waals surface area (Å²) in [6.07, 6.45) is 0.926. The summed E-state index contributed by atoms with van der Waals surface area (Å²) in [4.78, 5) is 16.5. The first-order valence-electron chi connectivity index (χ1n) is 5.42. The van der Waals surface area contributed by atoms with Crippen molar-refractivity contribution in [2.45, 2.75) is 20.3 Å². The van der Waals surface area contributed by atoms with E-state index >= 15 is 0 Å². The Morgan fingerprint density at radius 1 is 1.35 bits per heavy atom. The molecule has 1 N–H and O–H groups in total. The van der Waals surface area contributed by atoms with Gasteiger partial charge in [0.25, 0.3) is 0 Å². The maximum Gasteiger partial charge on any atom is 0.335 e. The Kier molecular flexibility index (Phi) is 3.24. The van der Waals surface area contributed by atoms with Crippen molar-refractivity contribution < 1.29 is 9.90 Å². The molecule has 0 saturated carbocycles. The zero-order valence-corrected chi connectivity index (χ0v) is 10.5. The average molecular weight is 247 g/mol. The van der Waals surface area contributed by atoms with Crippen molar-refractivity contribution in [1.82, 2.24) is 4.98 Å². The van der Waals surface area contributed by atoms with Gasteiger partial charge in [-0.15, -0.1) is 11.3 Å². The van der Waals surface area contributed by atoms with Gasteiger partial charge in [0.05, 0.1) is 11.3 Å². The maximum atomic E-state index is 10.7. The molecule has 0 amide bonds. The van der Waals surface area contributed by atoms with Gasteiger partial charge in [0.15, 0.2) is 0 Å². The molecule has 0 radical (unpaired) electrons. The molecule has 0 aliphatic rings. The fourth-order valence-corrected chi connectivity index (χ4v) is 2.64. The van der Waals surface area contributed by atoms with Crippen LogP contribution in [0.5, 0.6) is 0 Å². The number of hydrogen-bond donors (Lipinski definition) is 1. The normalized spacial score (nSPS) is 10.5. The molecule has 2 aromatic rings. The van der Waals surface area contributed by atoms with E-state index in [4.69, 9.17) is 5.11 Å². The molecule has 3 nitrogen and oxygen atoms in total. The Balaban J connectivity index is 2.36. The number of aromatic carboxylic acids is 1. The summed E-state index contributed by atoms with van der Waals surface area (Å²) in [5.74, 6) is -0.902. The largest absolute Gasteiger partial charge is 0.478 e. The highest BCUT2D eigenvalue weighted by Gasteiger charge is 2.09. The zero-order valence-electron chi connectivity index (χ0n) is 9.73. The number of thiazole rings is 1. The van der Waals surface area contributed by atoms with Gasteiger partial charge in [-0.25, -0.2) is 9.78 Å². The number of carbonyl (C=O) groups is 1. The fraction of sp³-hybridized carbons (Fsp3) is 0.231. The molecule has 0 saturated heterocycles. The summed E-state index contributed by atoms with van der Waals surface area (Å²) in [6, 6.07) is 6.84. The van der Waals surface area contributed by atoms with Gasteiger partial charge in [0.1, 0.15) is 5.01 Å². The Bertz CT molecular complexity index is 543. The van der Waals surface area contributed by atoms with E-state index in [1.165, 1.54) is 4.88 Å². The van der Waals surface area contributed by atoms with Crippen LogP contribution in [-0.2, 0) is 6.42 Å². The molecule has 0 aliphatic heterocycles. The van der Waals surface area contributed by atoms with E-state index in [0.29, 0.717) is 5.56 Å². The van der Waals surface area contributed by atoms with E-state index < -0.39 is 5.97 Å². The molecule has 17 heavy (non-hydrogen) atoms.